The van der Waals surface area contributed by atoms with Crippen molar-refractivity contribution < 1.29 is 19.1 Å². The van der Waals surface area contributed by atoms with Gasteiger partial charge in [-0.2, -0.15) is 0 Å². The summed E-state index contributed by atoms with van der Waals surface area (Å²) in [5.74, 6) is -1.45. The Kier molecular flexibility index (Phi) is 4.45. The van der Waals surface area contributed by atoms with Crippen molar-refractivity contribution in [3.63, 3.8) is 0 Å². The van der Waals surface area contributed by atoms with Crippen LogP contribution in [0.25, 0.3) is 0 Å². The number of urea groups is 1. The van der Waals surface area contributed by atoms with Crippen LogP contribution < -0.4 is 4.90 Å². The van der Waals surface area contributed by atoms with Crippen LogP contribution in [0.3, 0.4) is 0 Å². The Balaban J connectivity index is 2.27. The van der Waals surface area contributed by atoms with E-state index in [1.807, 2.05) is 13.8 Å². The van der Waals surface area contributed by atoms with Crippen molar-refractivity contribution in [2.24, 2.45) is 0 Å². The van der Waals surface area contributed by atoms with Crippen LogP contribution in [-0.4, -0.2) is 41.1 Å². The Morgan fingerprint density at radius 2 is 2.19 bits per heavy atom. The fourth-order valence-electron chi connectivity index (χ4n) is 2.48. The summed E-state index contributed by atoms with van der Waals surface area (Å²) >= 11 is 0. The zero-order chi connectivity index (χ0) is 15.6. The number of nitrogens with zero attached hydrogens (tertiary/aromatic N) is 2. The number of rotatable bonds is 4. The average Bonchev–Trinajstić information content (AvgIpc) is 2.85. The highest BCUT2D eigenvalue weighted by Gasteiger charge is 2.31. The molecular weight excluding hydrogens is 275 g/mol. The number of hydrogen-bond donors (Lipinski definition) is 1. The Bertz CT molecular complexity index is 562. The fraction of sp³-hybridized carbons (Fsp3) is 0.467. The highest BCUT2D eigenvalue weighted by atomic mass is 19.1. The first kappa shape index (κ1) is 15.3. The lowest BCUT2D eigenvalue weighted by molar-refractivity contribution is -0.138. The van der Waals surface area contributed by atoms with Gasteiger partial charge < -0.3 is 10.0 Å². The minimum Gasteiger partial charge on any atom is -0.480 e. The van der Waals surface area contributed by atoms with Gasteiger partial charge in [0.2, 0.25) is 0 Å². The molecule has 114 valence electrons. The largest absolute Gasteiger partial charge is 0.480 e. The number of aliphatic carboxylic acids is 1. The van der Waals surface area contributed by atoms with E-state index in [0.717, 1.165) is 5.56 Å². The first-order valence-electron chi connectivity index (χ1n) is 7.02. The van der Waals surface area contributed by atoms with E-state index in [-0.39, 0.29) is 18.6 Å². The second kappa shape index (κ2) is 6.11. The van der Waals surface area contributed by atoms with Crippen LogP contribution in [0.15, 0.2) is 18.2 Å². The van der Waals surface area contributed by atoms with Crippen molar-refractivity contribution in [3.05, 3.63) is 29.6 Å². The minimum atomic E-state index is -1.05. The third kappa shape index (κ3) is 3.15. The van der Waals surface area contributed by atoms with E-state index < -0.39 is 11.8 Å². The second-order valence-electron chi connectivity index (χ2n) is 5.24. The number of anilines is 1. The summed E-state index contributed by atoms with van der Waals surface area (Å²) in [6.45, 7) is 3.80. The van der Waals surface area contributed by atoms with Crippen LogP contribution in [0, 0.1) is 5.82 Å². The molecule has 1 unspecified atom stereocenters. The number of fused-ring (bicyclic) bond motifs is 1. The van der Waals surface area contributed by atoms with Gasteiger partial charge in [0.05, 0.1) is 5.69 Å². The van der Waals surface area contributed by atoms with Gasteiger partial charge >= 0.3 is 12.0 Å². The lowest BCUT2D eigenvalue weighted by Gasteiger charge is -2.31. The van der Waals surface area contributed by atoms with Gasteiger partial charge in [0.15, 0.2) is 0 Å². The molecule has 0 saturated carbocycles. The van der Waals surface area contributed by atoms with E-state index in [1.165, 1.54) is 21.9 Å². The van der Waals surface area contributed by atoms with Gasteiger partial charge in [-0.3, -0.25) is 9.69 Å². The van der Waals surface area contributed by atoms with E-state index in [4.69, 9.17) is 5.11 Å². The van der Waals surface area contributed by atoms with E-state index in [9.17, 15) is 14.0 Å². The van der Waals surface area contributed by atoms with Crippen molar-refractivity contribution in [2.45, 2.75) is 32.7 Å². The lowest BCUT2D eigenvalue weighted by Crippen LogP contribution is -2.49. The molecule has 1 atom stereocenters. The smallest absolute Gasteiger partial charge is 0.325 e. The standard InChI is InChI=1S/C15H19FN2O3/c1-3-10(2)18(9-14(19)20)15(21)17-7-6-11-4-5-12(16)8-13(11)17/h4-5,8,10H,3,6-7,9H2,1-2H3,(H,19,20). The van der Waals surface area contributed by atoms with Gasteiger partial charge in [0.25, 0.3) is 0 Å². The molecule has 1 aromatic rings. The van der Waals surface area contributed by atoms with Crippen molar-refractivity contribution in [1.82, 2.24) is 4.90 Å². The van der Waals surface area contributed by atoms with Crippen LogP contribution in [-0.2, 0) is 11.2 Å². The molecule has 1 aromatic carbocycles. The van der Waals surface area contributed by atoms with Crippen LogP contribution >= 0.6 is 0 Å². The maximum atomic E-state index is 13.4. The molecule has 1 aliphatic heterocycles. The summed E-state index contributed by atoms with van der Waals surface area (Å²) in [5, 5.41) is 8.99. The molecule has 1 heterocycles. The van der Waals surface area contributed by atoms with E-state index >= 15 is 0 Å². The number of benzene rings is 1. The summed E-state index contributed by atoms with van der Waals surface area (Å²) in [4.78, 5) is 26.4. The number of hydrogen-bond acceptors (Lipinski definition) is 2. The molecule has 1 aliphatic rings. The van der Waals surface area contributed by atoms with Gasteiger partial charge in [-0.15, -0.1) is 0 Å². The van der Waals surface area contributed by atoms with Crippen LogP contribution in [0.5, 0.6) is 0 Å². The van der Waals surface area contributed by atoms with Gasteiger partial charge in [0.1, 0.15) is 12.4 Å². The first-order chi connectivity index (χ1) is 9.93. The third-order valence-corrected chi connectivity index (χ3v) is 3.85. The SMILES string of the molecule is CCC(C)N(CC(=O)O)C(=O)N1CCc2ccc(F)cc21. The normalized spacial score (nSPS) is 14.7. The summed E-state index contributed by atoms with van der Waals surface area (Å²) in [6.07, 6.45) is 1.31. The number of carboxylic acids is 1. The molecule has 6 heteroatoms. The minimum absolute atomic E-state index is 0.189. The molecule has 0 spiro atoms. The summed E-state index contributed by atoms with van der Waals surface area (Å²) < 4.78 is 13.4. The maximum absolute atomic E-state index is 13.4. The molecule has 2 amide bonds. The zero-order valence-corrected chi connectivity index (χ0v) is 12.2. The van der Waals surface area contributed by atoms with Crippen molar-refractivity contribution in [2.75, 3.05) is 18.0 Å². The highest BCUT2D eigenvalue weighted by Crippen LogP contribution is 2.30. The van der Waals surface area contributed by atoms with Crippen molar-refractivity contribution in [1.29, 1.82) is 0 Å². The van der Waals surface area contributed by atoms with Crippen molar-refractivity contribution in [3.8, 4) is 0 Å². The Morgan fingerprint density at radius 3 is 2.81 bits per heavy atom. The molecule has 0 radical (unpaired) electrons. The van der Waals surface area contributed by atoms with Gasteiger partial charge in [-0.1, -0.05) is 13.0 Å². The molecule has 0 saturated heterocycles. The molecular formula is C15H19FN2O3. The fourth-order valence-corrected chi connectivity index (χ4v) is 2.48. The lowest BCUT2D eigenvalue weighted by atomic mass is 10.2. The molecule has 2 rings (SSSR count). The van der Waals surface area contributed by atoms with Gasteiger partial charge in [-0.05, 0) is 37.5 Å². The third-order valence-electron chi connectivity index (χ3n) is 3.85. The van der Waals surface area contributed by atoms with E-state index in [0.29, 0.717) is 25.1 Å². The van der Waals surface area contributed by atoms with E-state index in [2.05, 4.69) is 0 Å². The topological polar surface area (TPSA) is 60.9 Å². The second-order valence-corrected chi connectivity index (χ2v) is 5.24. The first-order valence-corrected chi connectivity index (χ1v) is 7.02. The van der Waals surface area contributed by atoms with Gasteiger partial charge in [-0.25, -0.2) is 9.18 Å². The quantitative estimate of drug-likeness (QED) is 0.928. The van der Waals surface area contributed by atoms with Gasteiger partial charge in [0, 0.05) is 12.6 Å². The summed E-state index contributed by atoms with van der Waals surface area (Å²) in [7, 11) is 0. The number of carboxylic acid groups (broad SMARTS) is 1. The Hall–Kier alpha value is -2.11. The number of carbonyl (C=O) groups is 2. The molecule has 21 heavy (non-hydrogen) atoms. The van der Waals surface area contributed by atoms with E-state index in [1.54, 1.807) is 6.07 Å². The summed E-state index contributed by atoms with van der Waals surface area (Å²) in [6, 6.07) is 3.80. The molecule has 0 aromatic heterocycles. The predicted molar refractivity (Wildman–Crippen MR) is 76.9 cm³/mol. The monoisotopic (exact) mass is 294 g/mol. The van der Waals surface area contributed by atoms with Crippen LogP contribution in [0.4, 0.5) is 14.9 Å². The van der Waals surface area contributed by atoms with Crippen molar-refractivity contribution >= 4 is 17.7 Å². The molecule has 1 N–H and O–H groups in total. The van der Waals surface area contributed by atoms with Crippen LogP contribution in [0.1, 0.15) is 25.8 Å². The average molecular weight is 294 g/mol. The number of carbonyl (C=O) groups excluding carboxylic acids is 1. The van der Waals surface area contributed by atoms with Crippen LogP contribution in [0.2, 0.25) is 0 Å². The number of halogens is 1. The zero-order valence-electron chi connectivity index (χ0n) is 12.2. The molecule has 0 bridgehead atoms. The predicted octanol–water partition coefficient (Wildman–Crippen LogP) is 2.49. The highest BCUT2D eigenvalue weighted by molar-refractivity contribution is 5.95. The Morgan fingerprint density at radius 1 is 1.48 bits per heavy atom. The summed E-state index contributed by atoms with van der Waals surface area (Å²) in [5.41, 5.74) is 1.45. The number of amides is 2. The molecule has 0 fully saturated rings. The Labute approximate surface area is 123 Å². The molecule has 0 aliphatic carbocycles. The molecule has 5 nitrogen and oxygen atoms in total. The maximum Gasteiger partial charge on any atom is 0.325 e.